The Morgan fingerprint density at radius 3 is 2.00 bits per heavy atom. The number of hydrogen-bond acceptors (Lipinski definition) is 3. The summed E-state index contributed by atoms with van der Waals surface area (Å²) < 4.78 is 0. The highest BCUT2D eigenvalue weighted by molar-refractivity contribution is 5.82. The summed E-state index contributed by atoms with van der Waals surface area (Å²) in [6.07, 6.45) is -0.310. The highest BCUT2D eigenvalue weighted by Gasteiger charge is 2.13. The van der Waals surface area contributed by atoms with Crippen LogP contribution in [0.25, 0.3) is 0 Å². The second-order valence-electron chi connectivity index (χ2n) is 1.62. The topological polar surface area (TPSA) is 138 Å². The van der Waals surface area contributed by atoms with Crippen LogP contribution < -0.4 is 11.5 Å². The van der Waals surface area contributed by atoms with E-state index in [0.29, 0.717) is 0 Å². The number of hydrogen-bond donors (Lipinski definition) is 3. The minimum Gasteiger partial charge on any atom is -0.480 e. The van der Waals surface area contributed by atoms with Crippen LogP contribution in [0.4, 0.5) is 0 Å². The lowest BCUT2D eigenvalue weighted by Gasteiger charge is -1.99. The van der Waals surface area contributed by atoms with E-state index in [4.69, 9.17) is 10.8 Å². The third-order valence-corrected chi connectivity index (χ3v) is 0.738. The Kier molecular flexibility index (Phi) is 5.48. The van der Waals surface area contributed by atoms with Crippen molar-refractivity contribution in [3.05, 3.63) is 0 Å². The molecule has 7 N–H and O–H groups in total. The minimum atomic E-state index is -1.21. The van der Waals surface area contributed by atoms with E-state index < -0.39 is 17.9 Å². The van der Waals surface area contributed by atoms with Crippen molar-refractivity contribution in [2.45, 2.75) is 12.5 Å². The van der Waals surface area contributed by atoms with E-state index in [-0.39, 0.29) is 11.9 Å². The van der Waals surface area contributed by atoms with Gasteiger partial charge in [-0.25, -0.2) is 0 Å². The summed E-state index contributed by atoms with van der Waals surface area (Å²) in [5.41, 5.74) is 9.57. The Hall–Kier alpha value is -1.14. The summed E-state index contributed by atoms with van der Waals surface area (Å²) in [7, 11) is 0. The van der Waals surface area contributed by atoms with Crippen molar-refractivity contribution in [3.63, 3.8) is 0 Å². The van der Waals surface area contributed by atoms with Gasteiger partial charge in [0, 0.05) is 0 Å². The van der Waals surface area contributed by atoms with Gasteiger partial charge in [0.1, 0.15) is 6.04 Å². The van der Waals surface area contributed by atoms with Crippen LogP contribution in [0.15, 0.2) is 0 Å². The molecular formula is C4H10N2O4. The molecule has 0 aromatic heterocycles. The van der Waals surface area contributed by atoms with E-state index in [1.165, 1.54) is 0 Å². The van der Waals surface area contributed by atoms with Crippen LogP contribution >= 0.6 is 0 Å². The molecule has 0 aromatic rings. The molecule has 60 valence electrons. The van der Waals surface area contributed by atoms with Crippen molar-refractivity contribution in [1.29, 1.82) is 0 Å². The summed E-state index contributed by atoms with van der Waals surface area (Å²) in [4.78, 5) is 19.9. The number of carboxylic acids is 1. The molecule has 0 heterocycles. The van der Waals surface area contributed by atoms with Gasteiger partial charge in [-0.05, 0) is 0 Å². The lowest BCUT2D eigenvalue weighted by atomic mass is 10.2. The van der Waals surface area contributed by atoms with Crippen molar-refractivity contribution >= 4 is 11.9 Å². The van der Waals surface area contributed by atoms with Crippen LogP contribution in [0, 0.1) is 0 Å². The van der Waals surface area contributed by atoms with E-state index >= 15 is 0 Å². The molecule has 0 aromatic carbocycles. The molecule has 0 saturated carbocycles. The lowest BCUT2D eigenvalue weighted by Crippen LogP contribution is -2.34. The van der Waals surface area contributed by atoms with Crippen molar-refractivity contribution in [1.82, 2.24) is 0 Å². The molecule has 0 spiro atoms. The first-order valence-corrected chi connectivity index (χ1v) is 2.30. The number of rotatable bonds is 3. The molecule has 1 amide bonds. The molecule has 6 nitrogen and oxygen atoms in total. The smallest absolute Gasteiger partial charge is 0.321 e. The van der Waals surface area contributed by atoms with E-state index in [0.717, 1.165) is 0 Å². The van der Waals surface area contributed by atoms with E-state index in [1.54, 1.807) is 0 Å². The Morgan fingerprint density at radius 2 is 1.90 bits per heavy atom. The second-order valence-corrected chi connectivity index (χ2v) is 1.62. The number of aliphatic carboxylic acids is 1. The molecule has 0 bridgehead atoms. The molecule has 6 heteroatoms. The SMILES string of the molecule is NC(=O)C[C@H](N)C(=O)O.O. The van der Waals surface area contributed by atoms with Crippen LogP contribution in [0.2, 0.25) is 0 Å². The first-order chi connectivity index (χ1) is 4.04. The van der Waals surface area contributed by atoms with Gasteiger partial charge >= 0.3 is 5.97 Å². The highest BCUT2D eigenvalue weighted by atomic mass is 16.4. The number of carbonyl (C=O) groups excluding carboxylic acids is 1. The van der Waals surface area contributed by atoms with Crippen LogP contribution in [0.5, 0.6) is 0 Å². The predicted octanol–water partition coefficient (Wildman–Crippen LogP) is -2.55. The quantitative estimate of drug-likeness (QED) is 0.407. The summed E-state index contributed by atoms with van der Waals surface area (Å²) in [5, 5.41) is 8.10. The number of carbonyl (C=O) groups is 2. The largest absolute Gasteiger partial charge is 0.480 e. The third-order valence-electron chi connectivity index (χ3n) is 0.738. The average Bonchev–Trinajstić information content (AvgIpc) is 1.63. The molecule has 0 aliphatic carbocycles. The van der Waals surface area contributed by atoms with Gasteiger partial charge in [-0.15, -0.1) is 0 Å². The zero-order valence-corrected chi connectivity index (χ0v) is 5.20. The van der Waals surface area contributed by atoms with Gasteiger partial charge in [-0.2, -0.15) is 0 Å². The average molecular weight is 150 g/mol. The van der Waals surface area contributed by atoms with Crippen molar-refractivity contribution in [2.75, 3.05) is 0 Å². The zero-order chi connectivity index (χ0) is 7.44. The van der Waals surface area contributed by atoms with Gasteiger partial charge in [0.2, 0.25) is 5.91 Å². The fourth-order valence-corrected chi connectivity index (χ4v) is 0.304. The maximum atomic E-state index is 9.99. The monoisotopic (exact) mass is 150 g/mol. The summed E-state index contributed by atoms with van der Waals surface area (Å²) in [6.45, 7) is 0. The van der Waals surface area contributed by atoms with E-state index in [9.17, 15) is 9.59 Å². The predicted molar refractivity (Wildman–Crippen MR) is 33.0 cm³/mol. The Morgan fingerprint density at radius 1 is 1.50 bits per heavy atom. The summed E-state index contributed by atoms with van der Waals surface area (Å²) >= 11 is 0. The molecule has 1 atom stereocenters. The number of nitrogens with two attached hydrogens (primary N) is 2. The number of carboxylic acid groups (broad SMARTS) is 1. The molecule has 0 rings (SSSR count). The van der Waals surface area contributed by atoms with Gasteiger partial charge < -0.3 is 22.1 Å². The van der Waals surface area contributed by atoms with Crippen LogP contribution in [0.1, 0.15) is 6.42 Å². The van der Waals surface area contributed by atoms with E-state index in [2.05, 4.69) is 5.73 Å². The summed E-state index contributed by atoms with van der Waals surface area (Å²) in [5.74, 6) is -1.92. The molecule has 0 aliphatic heterocycles. The van der Waals surface area contributed by atoms with Crippen molar-refractivity contribution < 1.29 is 20.2 Å². The first-order valence-electron chi connectivity index (χ1n) is 2.30. The fraction of sp³-hybridized carbons (Fsp3) is 0.500. The standard InChI is InChI=1S/C4H8N2O3.H2O/c5-2(4(8)9)1-3(6)7;/h2H,1,5H2,(H2,6,7)(H,8,9);1H2/t2-;/m0./s1. The number of amides is 1. The van der Waals surface area contributed by atoms with Gasteiger partial charge in [0.05, 0.1) is 6.42 Å². The molecule has 10 heavy (non-hydrogen) atoms. The third kappa shape index (κ3) is 5.01. The highest BCUT2D eigenvalue weighted by Crippen LogP contribution is 1.84. The van der Waals surface area contributed by atoms with Gasteiger partial charge in [-0.1, -0.05) is 0 Å². The zero-order valence-electron chi connectivity index (χ0n) is 5.20. The Labute approximate surface area is 57.1 Å². The Balaban J connectivity index is 0. The molecule has 0 saturated heterocycles. The normalized spacial score (nSPS) is 11.3. The number of primary amides is 1. The second kappa shape index (κ2) is 4.71. The lowest BCUT2D eigenvalue weighted by molar-refractivity contribution is -0.140. The molecular weight excluding hydrogens is 140 g/mol. The molecule has 0 unspecified atom stereocenters. The maximum Gasteiger partial charge on any atom is 0.321 e. The molecule has 0 radical (unpaired) electrons. The van der Waals surface area contributed by atoms with E-state index in [1.807, 2.05) is 0 Å². The minimum absolute atomic E-state index is 0. The van der Waals surface area contributed by atoms with Crippen LogP contribution in [0.3, 0.4) is 0 Å². The van der Waals surface area contributed by atoms with Crippen LogP contribution in [-0.2, 0) is 9.59 Å². The van der Waals surface area contributed by atoms with Crippen molar-refractivity contribution in [3.8, 4) is 0 Å². The summed E-state index contributed by atoms with van der Waals surface area (Å²) in [6, 6.07) is -1.16. The van der Waals surface area contributed by atoms with Gasteiger partial charge in [0.25, 0.3) is 0 Å². The molecule has 0 aliphatic rings. The van der Waals surface area contributed by atoms with Crippen LogP contribution in [-0.4, -0.2) is 28.5 Å². The fourth-order valence-electron chi connectivity index (χ4n) is 0.304. The maximum absolute atomic E-state index is 9.99. The van der Waals surface area contributed by atoms with Gasteiger partial charge in [0.15, 0.2) is 0 Å². The van der Waals surface area contributed by atoms with Gasteiger partial charge in [-0.3, -0.25) is 9.59 Å². The molecule has 0 fully saturated rings. The first kappa shape index (κ1) is 11.6. The Bertz CT molecular complexity index is 135. The van der Waals surface area contributed by atoms with Crippen molar-refractivity contribution in [2.24, 2.45) is 11.5 Å².